The Labute approximate surface area is 88.3 Å². The van der Waals surface area contributed by atoms with Gasteiger partial charge in [0, 0.05) is 18.3 Å². The third kappa shape index (κ3) is 1.56. The Morgan fingerprint density at radius 3 is 3.07 bits per heavy atom. The molecule has 0 spiro atoms. The topological polar surface area (TPSA) is 42.2 Å². The molecule has 0 saturated heterocycles. The van der Waals surface area contributed by atoms with Crippen molar-refractivity contribution in [3.63, 3.8) is 0 Å². The first-order chi connectivity index (χ1) is 7.31. The summed E-state index contributed by atoms with van der Waals surface area (Å²) in [6.45, 7) is 2.28. The van der Waals surface area contributed by atoms with Crippen LogP contribution in [0.25, 0.3) is 5.65 Å². The first kappa shape index (κ1) is 8.71. The minimum absolute atomic E-state index is 0.609. The van der Waals surface area contributed by atoms with Crippen molar-refractivity contribution >= 4 is 11.5 Å². The molecule has 0 unspecified atom stereocenters. The van der Waals surface area contributed by atoms with Gasteiger partial charge in [-0.1, -0.05) is 6.92 Å². The van der Waals surface area contributed by atoms with E-state index < -0.39 is 0 Å². The molecule has 1 aliphatic carbocycles. The standard InChI is InChI=1S/C11H14N4/c1-8-6-9(7-8)13-10-3-5-15-11(14-10)2-4-12-15/h2-5,8-9H,6-7H2,1H3,(H,13,14). The molecule has 0 radical (unpaired) electrons. The molecular formula is C11H14N4. The third-order valence-corrected chi connectivity index (χ3v) is 2.98. The van der Waals surface area contributed by atoms with Gasteiger partial charge < -0.3 is 5.32 Å². The van der Waals surface area contributed by atoms with Crippen molar-refractivity contribution in [3.8, 4) is 0 Å². The summed E-state index contributed by atoms with van der Waals surface area (Å²) in [4.78, 5) is 4.47. The number of hydrogen-bond acceptors (Lipinski definition) is 3. The zero-order valence-corrected chi connectivity index (χ0v) is 8.72. The van der Waals surface area contributed by atoms with Gasteiger partial charge in [0.25, 0.3) is 0 Å². The predicted octanol–water partition coefficient (Wildman–Crippen LogP) is 1.94. The highest BCUT2D eigenvalue weighted by molar-refractivity contribution is 5.46. The molecule has 0 atom stereocenters. The maximum atomic E-state index is 4.47. The van der Waals surface area contributed by atoms with Gasteiger partial charge in [-0.15, -0.1) is 0 Å². The molecule has 4 nitrogen and oxygen atoms in total. The van der Waals surface area contributed by atoms with Gasteiger partial charge in [-0.3, -0.25) is 0 Å². The van der Waals surface area contributed by atoms with Gasteiger partial charge in [-0.05, 0) is 24.8 Å². The summed E-state index contributed by atoms with van der Waals surface area (Å²) in [6, 6.07) is 4.50. The molecular weight excluding hydrogens is 188 g/mol. The van der Waals surface area contributed by atoms with Crippen LogP contribution < -0.4 is 5.32 Å². The predicted molar refractivity (Wildman–Crippen MR) is 58.8 cm³/mol. The fourth-order valence-electron chi connectivity index (χ4n) is 2.12. The van der Waals surface area contributed by atoms with E-state index in [0.29, 0.717) is 6.04 Å². The number of nitrogens with zero attached hydrogens (tertiary/aromatic N) is 3. The number of anilines is 1. The molecule has 15 heavy (non-hydrogen) atoms. The van der Waals surface area contributed by atoms with Crippen LogP contribution in [-0.2, 0) is 0 Å². The molecule has 1 aliphatic rings. The van der Waals surface area contributed by atoms with E-state index in [9.17, 15) is 0 Å². The second-order valence-corrected chi connectivity index (χ2v) is 4.36. The zero-order chi connectivity index (χ0) is 10.3. The lowest BCUT2D eigenvalue weighted by atomic mass is 9.82. The monoisotopic (exact) mass is 202 g/mol. The van der Waals surface area contributed by atoms with Crippen LogP contribution in [0.3, 0.4) is 0 Å². The third-order valence-electron chi connectivity index (χ3n) is 2.98. The number of nitrogens with one attached hydrogen (secondary N) is 1. The minimum Gasteiger partial charge on any atom is -0.367 e. The molecule has 4 heteroatoms. The molecule has 0 amide bonds. The Morgan fingerprint density at radius 1 is 1.40 bits per heavy atom. The molecule has 0 aromatic carbocycles. The molecule has 3 rings (SSSR count). The molecule has 78 valence electrons. The quantitative estimate of drug-likeness (QED) is 0.809. The maximum Gasteiger partial charge on any atom is 0.157 e. The summed E-state index contributed by atoms with van der Waals surface area (Å²) in [5.41, 5.74) is 0.896. The Balaban J connectivity index is 1.79. The Morgan fingerprint density at radius 2 is 2.27 bits per heavy atom. The minimum atomic E-state index is 0.609. The van der Waals surface area contributed by atoms with E-state index in [1.165, 1.54) is 12.8 Å². The van der Waals surface area contributed by atoms with E-state index in [4.69, 9.17) is 0 Å². The van der Waals surface area contributed by atoms with Crippen LogP contribution in [0, 0.1) is 5.92 Å². The van der Waals surface area contributed by atoms with E-state index in [0.717, 1.165) is 17.4 Å². The first-order valence-electron chi connectivity index (χ1n) is 5.38. The van der Waals surface area contributed by atoms with Crippen LogP contribution in [0.1, 0.15) is 19.8 Å². The summed E-state index contributed by atoms with van der Waals surface area (Å²) in [5, 5.41) is 7.55. The largest absolute Gasteiger partial charge is 0.367 e. The summed E-state index contributed by atoms with van der Waals surface area (Å²) < 4.78 is 1.77. The van der Waals surface area contributed by atoms with Gasteiger partial charge in [-0.2, -0.15) is 5.10 Å². The number of fused-ring (bicyclic) bond motifs is 1. The molecule has 0 aliphatic heterocycles. The lowest BCUT2D eigenvalue weighted by molar-refractivity contribution is 0.308. The molecule has 1 N–H and O–H groups in total. The van der Waals surface area contributed by atoms with Crippen molar-refractivity contribution in [2.45, 2.75) is 25.8 Å². The van der Waals surface area contributed by atoms with Crippen LogP contribution in [0.2, 0.25) is 0 Å². The average molecular weight is 202 g/mol. The van der Waals surface area contributed by atoms with Gasteiger partial charge >= 0.3 is 0 Å². The molecule has 1 fully saturated rings. The summed E-state index contributed by atoms with van der Waals surface area (Å²) in [5.74, 6) is 1.82. The first-order valence-corrected chi connectivity index (χ1v) is 5.38. The van der Waals surface area contributed by atoms with Crippen LogP contribution in [0.5, 0.6) is 0 Å². The van der Waals surface area contributed by atoms with Crippen molar-refractivity contribution in [2.75, 3.05) is 5.32 Å². The second kappa shape index (κ2) is 3.22. The molecule has 2 aromatic heterocycles. The summed E-state index contributed by atoms with van der Waals surface area (Å²) in [7, 11) is 0. The van der Waals surface area contributed by atoms with Crippen molar-refractivity contribution in [3.05, 3.63) is 24.5 Å². The van der Waals surface area contributed by atoms with E-state index in [-0.39, 0.29) is 0 Å². The van der Waals surface area contributed by atoms with Gasteiger partial charge in [0.05, 0.1) is 6.20 Å². The van der Waals surface area contributed by atoms with Crippen molar-refractivity contribution in [1.29, 1.82) is 0 Å². The molecule has 1 saturated carbocycles. The zero-order valence-electron chi connectivity index (χ0n) is 8.72. The average Bonchev–Trinajstić information content (AvgIpc) is 2.62. The maximum absolute atomic E-state index is 4.47. The lowest BCUT2D eigenvalue weighted by Gasteiger charge is -2.33. The molecule has 2 heterocycles. The summed E-state index contributed by atoms with van der Waals surface area (Å²) in [6.07, 6.45) is 6.21. The van der Waals surface area contributed by atoms with Crippen molar-refractivity contribution in [1.82, 2.24) is 14.6 Å². The van der Waals surface area contributed by atoms with Crippen LogP contribution in [-0.4, -0.2) is 20.6 Å². The SMILES string of the molecule is CC1CC(Nc2ccn3nccc3n2)C1. The molecule has 0 bridgehead atoms. The molecule has 2 aromatic rings. The fraction of sp³-hybridized carbons (Fsp3) is 0.455. The van der Waals surface area contributed by atoms with Crippen molar-refractivity contribution in [2.24, 2.45) is 5.92 Å². The number of aromatic nitrogens is 3. The van der Waals surface area contributed by atoms with Gasteiger partial charge in [0.1, 0.15) is 5.82 Å². The van der Waals surface area contributed by atoms with Crippen molar-refractivity contribution < 1.29 is 0 Å². The lowest BCUT2D eigenvalue weighted by Crippen LogP contribution is -2.34. The van der Waals surface area contributed by atoms with Crippen LogP contribution >= 0.6 is 0 Å². The van der Waals surface area contributed by atoms with Crippen LogP contribution in [0.4, 0.5) is 5.82 Å². The van der Waals surface area contributed by atoms with E-state index in [1.807, 2.05) is 18.3 Å². The Bertz CT molecular complexity index is 470. The highest BCUT2D eigenvalue weighted by Crippen LogP contribution is 2.28. The normalized spacial score (nSPS) is 25.1. The fourth-order valence-corrected chi connectivity index (χ4v) is 2.12. The smallest absolute Gasteiger partial charge is 0.157 e. The summed E-state index contributed by atoms with van der Waals surface area (Å²) >= 11 is 0. The van der Waals surface area contributed by atoms with Crippen LogP contribution in [0.15, 0.2) is 24.5 Å². The van der Waals surface area contributed by atoms with Gasteiger partial charge in [0.2, 0.25) is 0 Å². The van der Waals surface area contributed by atoms with E-state index in [2.05, 4.69) is 22.3 Å². The second-order valence-electron chi connectivity index (χ2n) is 4.36. The number of hydrogen-bond donors (Lipinski definition) is 1. The van der Waals surface area contributed by atoms with E-state index in [1.54, 1.807) is 10.7 Å². The van der Waals surface area contributed by atoms with Gasteiger partial charge in [0.15, 0.2) is 5.65 Å². The highest BCUT2D eigenvalue weighted by atomic mass is 15.2. The van der Waals surface area contributed by atoms with Gasteiger partial charge in [-0.25, -0.2) is 9.50 Å². The highest BCUT2D eigenvalue weighted by Gasteiger charge is 2.25. The number of rotatable bonds is 2. The Hall–Kier alpha value is -1.58. The Kier molecular flexibility index (Phi) is 1.87. The van der Waals surface area contributed by atoms with E-state index >= 15 is 0 Å².